The lowest BCUT2D eigenvalue weighted by atomic mass is 10.0. The molecule has 2 unspecified atom stereocenters. The molecule has 0 aromatic heterocycles. The van der Waals surface area contributed by atoms with E-state index in [1.807, 2.05) is 0 Å². The fraction of sp³-hybridized carbons (Fsp3) is 0.684. The van der Waals surface area contributed by atoms with Crippen molar-refractivity contribution in [2.75, 3.05) is 6.61 Å². The third-order valence-electron chi connectivity index (χ3n) is 4.16. The van der Waals surface area contributed by atoms with Crippen LogP contribution in [-0.2, 0) is 11.2 Å². The Hall–Kier alpha value is -0.860. The molecule has 1 aromatic rings. The van der Waals surface area contributed by atoms with Crippen LogP contribution in [-0.4, -0.2) is 12.7 Å². The zero-order valence-electron chi connectivity index (χ0n) is 14.1. The van der Waals surface area contributed by atoms with E-state index in [-0.39, 0.29) is 12.1 Å². The molecule has 0 saturated carbocycles. The van der Waals surface area contributed by atoms with Crippen molar-refractivity contribution in [3.8, 4) is 0 Å². The first-order chi connectivity index (χ1) is 10.2. The first-order valence-corrected chi connectivity index (χ1v) is 8.65. The first kappa shape index (κ1) is 18.2. The number of benzene rings is 1. The second-order valence-corrected chi connectivity index (χ2v) is 5.96. The monoisotopic (exact) mass is 291 g/mol. The highest BCUT2D eigenvalue weighted by atomic mass is 16.5. The largest absolute Gasteiger partial charge is 0.377 e. The van der Waals surface area contributed by atoms with Crippen molar-refractivity contribution in [1.82, 2.24) is 0 Å². The molecule has 0 aliphatic rings. The molecule has 0 bridgehead atoms. The molecule has 0 aliphatic heterocycles. The van der Waals surface area contributed by atoms with Gasteiger partial charge in [-0.15, -0.1) is 0 Å². The van der Waals surface area contributed by atoms with Crippen LogP contribution < -0.4 is 5.73 Å². The Morgan fingerprint density at radius 1 is 0.952 bits per heavy atom. The van der Waals surface area contributed by atoms with E-state index >= 15 is 0 Å². The Balaban J connectivity index is 2.22. The third-order valence-corrected chi connectivity index (χ3v) is 4.16. The molecule has 2 N–H and O–H groups in total. The molecule has 2 heteroatoms. The standard InChI is InChI=1S/C19H33NO/c1-4-6-7-8-9-10-15-21-16(3)19(20)18-13-11-17(5-2)12-14-18/h11-14,16,19H,4-10,15,20H2,1-3H3. The Labute approximate surface area is 131 Å². The van der Waals surface area contributed by atoms with E-state index in [4.69, 9.17) is 10.5 Å². The van der Waals surface area contributed by atoms with Crippen molar-refractivity contribution >= 4 is 0 Å². The third kappa shape index (κ3) is 7.10. The van der Waals surface area contributed by atoms with Crippen LogP contribution in [0.4, 0.5) is 0 Å². The van der Waals surface area contributed by atoms with Crippen LogP contribution in [0.5, 0.6) is 0 Å². The highest BCUT2D eigenvalue weighted by molar-refractivity contribution is 5.25. The van der Waals surface area contributed by atoms with Crippen LogP contribution in [0, 0.1) is 0 Å². The van der Waals surface area contributed by atoms with Crippen molar-refractivity contribution in [3.05, 3.63) is 35.4 Å². The fourth-order valence-corrected chi connectivity index (χ4v) is 2.50. The zero-order valence-corrected chi connectivity index (χ0v) is 14.1. The molecular formula is C19H33NO. The van der Waals surface area contributed by atoms with Crippen molar-refractivity contribution in [1.29, 1.82) is 0 Å². The van der Waals surface area contributed by atoms with Gasteiger partial charge in [0, 0.05) is 6.61 Å². The van der Waals surface area contributed by atoms with E-state index in [1.54, 1.807) is 0 Å². The van der Waals surface area contributed by atoms with Gasteiger partial charge in [-0.3, -0.25) is 0 Å². The van der Waals surface area contributed by atoms with Crippen molar-refractivity contribution in [3.63, 3.8) is 0 Å². The maximum absolute atomic E-state index is 6.29. The van der Waals surface area contributed by atoms with Crippen molar-refractivity contribution in [2.24, 2.45) is 5.73 Å². The van der Waals surface area contributed by atoms with Crippen LogP contribution in [0.2, 0.25) is 0 Å². The number of aryl methyl sites for hydroxylation is 1. The summed E-state index contributed by atoms with van der Waals surface area (Å²) in [6.45, 7) is 7.32. The lowest BCUT2D eigenvalue weighted by molar-refractivity contribution is 0.0454. The van der Waals surface area contributed by atoms with Gasteiger partial charge in [0.25, 0.3) is 0 Å². The van der Waals surface area contributed by atoms with Crippen molar-refractivity contribution in [2.45, 2.75) is 77.9 Å². The van der Waals surface area contributed by atoms with Gasteiger partial charge in [0.15, 0.2) is 0 Å². The van der Waals surface area contributed by atoms with Gasteiger partial charge in [-0.2, -0.15) is 0 Å². The molecule has 0 heterocycles. The summed E-state index contributed by atoms with van der Waals surface area (Å²) in [6.07, 6.45) is 8.91. The summed E-state index contributed by atoms with van der Waals surface area (Å²) in [7, 11) is 0. The zero-order chi connectivity index (χ0) is 15.5. The highest BCUT2D eigenvalue weighted by Gasteiger charge is 2.15. The first-order valence-electron chi connectivity index (χ1n) is 8.65. The average molecular weight is 291 g/mol. The minimum absolute atomic E-state index is 0.0315. The predicted molar refractivity (Wildman–Crippen MR) is 91.5 cm³/mol. The SMILES string of the molecule is CCCCCCCCOC(C)C(N)c1ccc(CC)cc1. The van der Waals surface area contributed by atoms with Crippen LogP contribution >= 0.6 is 0 Å². The van der Waals surface area contributed by atoms with E-state index in [9.17, 15) is 0 Å². The number of unbranched alkanes of at least 4 members (excludes halogenated alkanes) is 5. The second kappa shape index (κ2) is 10.8. The Kier molecular flexibility index (Phi) is 9.36. The van der Waals surface area contributed by atoms with E-state index in [0.717, 1.165) is 19.4 Å². The molecule has 120 valence electrons. The number of ether oxygens (including phenoxy) is 1. The molecule has 1 rings (SSSR count). The van der Waals surface area contributed by atoms with Gasteiger partial charge in [0.05, 0.1) is 12.1 Å². The quantitative estimate of drug-likeness (QED) is 0.581. The van der Waals surface area contributed by atoms with E-state index in [1.165, 1.54) is 43.2 Å². The Bertz CT molecular complexity index is 360. The molecule has 0 radical (unpaired) electrons. The molecule has 2 nitrogen and oxygen atoms in total. The summed E-state index contributed by atoms with van der Waals surface area (Å²) in [5, 5.41) is 0. The summed E-state index contributed by atoms with van der Waals surface area (Å²) >= 11 is 0. The number of rotatable bonds is 11. The van der Waals surface area contributed by atoms with Gasteiger partial charge in [-0.1, -0.05) is 70.2 Å². The fourth-order valence-electron chi connectivity index (χ4n) is 2.50. The minimum atomic E-state index is -0.0315. The molecule has 0 spiro atoms. The van der Waals surface area contributed by atoms with Crippen LogP contribution in [0.3, 0.4) is 0 Å². The number of hydrogen-bond donors (Lipinski definition) is 1. The van der Waals surface area contributed by atoms with Crippen molar-refractivity contribution < 1.29 is 4.74 Å². The van der Waals surface area contributed by atoms with E-state index in [0.29, 0.717) is 0 Å². The van der Waals surface area contributed by atoms with Gasteiger partial charge in [0.2, 0.25) is 0 Å². The van der Waals surface area contributed by atoms with Gasteiger partial charge in [-0.05, 0) is 30.9 Å². The Morgan fingerprint density at radius 3 is 2.19 bits per heavy atom. The molecule has 2 atom stereocenters. The van der Waals surface area contributed by atoms with Gasteiger partial charge >= 0.3 is 0 Å². The van der Waals surface area contributed by atoms with E-state index in [2.05, 4.69) is 45.0 Å². The van der Waals surface area contributed by atoms with Gasteiger partial charge in [-0.25, -0.2) is 0 Å². The predicted octanol–water partition coefficient (Wildman–Crippen LogP) is 5.01. The topological polar surface area (TPSA) is 35.2 Å². The molecule has 0 fully saturated rings. The van der Waals surface area contributed by atoms with Gasteiger partial charge < -0.3 is 10.5 Å². The molecular weight excluding hydrogens is 258 g/mol. The summed E-state index contributed by atoms with van der Waals surface area (Å²) < 4.78 is 5.90. The molecule has 21 heavy (non-hydrogen) atoms. The van der Waals surface area contributed by atoms with Crippen LogP contribution in [0.15, 0.2) is 24.3 Å². The maximum atomic E-state index is 6.29. The summed E-state index contributed by atoms with van der Waals surface area (Å²) in [5.74, 6) is 0. The minimum Gasteiger partial charge on any atom is -0.377 e. The molecule has 0 aliphatic carbocycles. The molecule has 1 aromatic carbocycles. The summed E-state index contributed by atoms with van der Waals surface area (Å²) in [6, 6.07) is 8.56. The van der Waals surface area contributed by atoms with E-state index < -0.39 is 0 Å². The lowest BCUT2D eigenvalue weighted by Crippen LogP contribution is -2.26. The molecule has 0 saturated heterocycles. The van der Waals surface area contributed by atoms with Gasteiger partial charge in [0.1, 0.15) is 0 Å². The summed E-state index contributed by atoms with van der Waals surface area (Å²) in [5.41, 5.74) is 8.81. The van der Waals surface area contributed by atoms with Crippen LogP contribution in [0.25, 0.3) is 0 Å². The highest BCUT2D eigenvalue weighted by Crippen LogP contribution is 2.18. The van der Waals surface area contributed by atoms with Crippen LogP contribution in [0.1, 0.15) is 76.5 Å². The number of hydrogen-bond acceptors (Lipinski definition) is 2. The normalized spacial score (nSPS) is 14.1. The molecule has 0 amide bonds. The summed E-state index contributed by atoms with van der Waals surface area (Å²) in [4.78, 5) is 0. The average Bonchev–Trinajstić information content (AvgIpc) is 2.53. The number of nitrogens with two attached hydrogens (primary N) is 1. The maximum Gasteiger partial charge on any atom is 0.0739 e. The Morgan fingerprint density at radius 2 is 1.57 bits per heavy atom. The smallest absolute Gasteiger partial charge is 0.0739 e. The second-order valence-electron chi connectivity index (χ2n) is 5.96. The lowest BCUT2D eigenvalue weighted by Gasteiger charge is -2.21.